The van der Waals surface area contributed by atoms with Gasteiger partial charge < -0.3 is 0 Å². The first-order valence-electron chi connectivity index (χ1n) is 2.98. The van der Waals surface area contributed by atoms with Gasteiger partial charge in [-0.25, -0.2) is 0 Å². The molecular weight excluding hydrogens is 155 g/mol. The Morgan fingerprint density at radius 1 is 1.33 bits per heavy atom. The largest absolute Gasteiger partial charge is 0.121 e. The van der Waals surface area contributed by atoms with Gasteiger partial charge in [0.1, 0.15) is 0 Å². The minimum atomic E-state index is 0.206. The number of allylic oxidation sites excluding steroid dienone is 4. The number of rotatable bonds is 0. The summed E-state index contributed by atoms with van der Waals surface area (Å²) >= 11 is 11.8. The Labute approximate surface area is 64.1 Å². The van der Waals surface area contributed by atoms with E-state index in [1.54, 1.807) is 0 Å². The highest BCUT2D eigenvalue weighted by Gasteiger charge is 2.36. The van der Waals surface area contributed by atoms with Gasteiger partial charge in [-0.05, 0) is 0 Å². The average Bonchev–Trinajstić information content (AvgIpc) is 2.25. The van der Waals surface area contributed by atoms with Gasteiger partial charge in [-0.15, -0.1) is 11.6 Å². The summed E-state index contributed by atoms with van der Waals surface area (Å²) in [5.41, 5.74) is 0. The van der Waals surface area contributed by atoms with E-state index in [-0.39, 0.29) is 5.38 Å². The number of hydrogen-bond acceptors (Lipinski definition) is 0. The van der Waals surface area contributed by atoms with Crippen LogP contribution < -0.4 is 0 Å². The quantitative estimate of drug-likeness (QED) is 0.378. The van der Waals surface area contributed by atoms with Gasteiger partial charge in [0.15, 0.2) is 0 Å². The highest BCUT2D eigenvalue weighted by molar-refractivity contribution is 6.32. The van der Waals surface area contributed by atoms with E-state index in [1.807, 2.05) is 6.08 Å². The van der Waals surface area contributed by atoms with Gasteiger partial charge in [-0.2, -0.15) is 0 Å². The van der Waals surface area contributed by atoms with Crippen molar-refractivity contribution in [2.75, 3.05) is 0 Å². The third-order valence-corrected chi connectivity index (χ3v) is 2.86. The van der Waals surface area contributed by atoms with E-state index in [9.17, 15) is 0 Å². The van der Waals surface area contributed by atoms with Crippen molar-refractivity contribution in [2.24, 2.45) is 11.8 Å². The summed E-state index contributed by atoms with van der Waals surface area (Å²) in [6.07, 6.45) is 6.24. The maximum Gasteiger partial charge on any atom is 0.0545 e. The molecule has 0 aromatic carbocycles. The third kappa shape index (κ3) is 0.667. The van der Waals surface area contributed by atoms with Gasteiger partial charge in [0.05, 0.1) is 5.38 Å². The molecule has 9 heavy (non-hydrogen) atoms. The summed E-state index contributed by atoms with van der Waals surface area (Å²) in [6.45, 7) is 0. The zero-order valence-electron chi connectivity index (χ0n) is 4.72. The van der Waals surface area contributed by atoms with Crippen molar-refractivity contribution in [3.05, 3.63) is 23.3 Å². The molecule has 3 unspecified atom stereocenters. The fraction of sp³-hybridized carbons (Fsp3) is 0.429. The second kappa shape index (κ2) is 1.77. The molecule has 0 spiro atoms. The molecule has 0 fully saturated rings. The molecule has 2 heteroatoms. The van der Waals surface area contributed by atoms with E-state index in [4.69, 9.17) is 23.2 Å². The van der Waals surface area contributed by atoms with Gasteiger partial charge in [0, 0.05) is 16.9 Å². The van der Waals surface area contributed by atoms with E-state index < -0.39 is 0 Å². The molecule has 2 aliphatic rings. The van der Waals surface area contributed by atoms with Crippen LogP contribution in [0, 0.1) is 11.8 Å². The van der Waals surface area contributed by atoms with Crippen LogP contribution in [-0.4, -0.2) is 5.38 Å². The van der Waals surface area contributed by atoms with Crippen LogP contribution in [-0.2, 0) is 0 Å². The predicted octanol–water partition coefficient (Wildman–Crippen LogP) is 2.53. The lowest BCUT2D eigenvalue weighted by molar-refractivity contribution is 0.738. The molecule has 0 saturated carbocycles. The lowest BCUT2D eigenvalue weighted by atomic mass is 10.1. The summed E-state index contributed by atoms with van der Waals surface area (Å²) in [5.74, 6) is 0.725. The van der Waals surface area contributed by atoms with Crippen molar-refractivity contribution in [1.82, 2.24) is 0 Å². The summed E-state index contributed by atoms with van der Waals surface area (Å²) < 4.78 is 0. The molecule has 48 valence electrons. The van der Waals surface area contributed by atoms with Crippen LogP contribution in [0.5, 0.6) is 0 Å². The Kier molecular flexibility index (Phi) is 1.14. The Balaban J connectivity index is 2.35. The van der Waals surface area contributed by atoms with Crippen molar-refractivity contribution < 1.29 is 0 Å². The van der Waals surface area contributed by atoms with E-state index in [2.05, 4.69) is 12.2 Å². The molecular formula is C7H6Cl2. The van der Waals surface area contributed by atoms with Gasteiger partial charge in [0.2, 0.25) is 0 Å². The van der Waals surface area contributed by atoms with Crippen LogP contribution in [0.3, 0.4) is 0 Å². The topological polar surface area (TPSA) is 0 Å². The van der Waals surface area contributed by atoms with Gasteiger partial charge >= 0.3 is 0 Å². The summed E-state index contributed by atoms with van der Waals surface area (Å²) in [7, 11) is 0. The molecule has 2 bridgehead atoms. The van der Waals surface area contributed by atoms with Crippen LogP contribution in [0.25, 0.3) is 0 Å². The Morgan fingerprint density at radius 3 is 2.33 bits per heavy atom. The van der Waals surface area contributed by atoms with Crippen LogP contribution >= 0.6 is 23.2 Å². The summed E-state index contributed by atoms with van der Waals surface area (Å²) in [4.78, 5) is 0. The molecule has 0 radical (unpaired) electrons. The first-order chi connectivity index (χ1) is 4.29. The molecule has 0 N–H and O–H groups in total. The first-order valence-corrected chi connectivity index (χ1v) is 3.80. The number of fused-ring (bicyclic) bond motifs is 2. The molecule has 2 aliphatic carbocycles. The molecule has 0 nitrogen and oxygen atoms in total. The van der Waals surface area contributed by atoms with Crippen LogP contribution in [0.1, 0.15) is 0 Å². The number of hydrogen-bond donors (Lipinski definition) is 0. The Morgan fingerprint density at radius 2 is 2.11 bits per heavy atom. The Hall–Kier alpha value is 0.0600. The summed E-state index contributed by atoms with van der Waals surface area (Å²) in [6, 6.07) is 0. The van der Waals surface area contributed by atoms with E-state index in [1.165, 1.54) is 0 Å². The standard InChI is InChI=1S/C7H6Cl2/c8-6-3-4-1-2-5(6)7(4)9/h1-5,7H. The van der Waals surface area contributed by atoms with Crippen LogP contribution in [0.15, 0.2) is 23.3 Å². The van der Waals surface area contributed by atoms with E-state index in [0.29, 0.717) is 11.8 Å². The van der Waals surface area contributed by atoms with E-state index >= 15 is 0 Å². The molecule has 0 aromatic rings. The van der Waals surface area contributed by atoms with Crippen LogP contribution in [0.2, 0.25) is 0 Å². The third-order valence-electron chi connectivity index (χ3n) is 1.92. The van der Waals surface area contributed by atoms with Crippen molar-refractivity contribution >= 4 is 23.2 Å². The lowest BCUT2D eigenvalue weighted by Crippen LogP contribution is -2.06. The van der Waals surface area contributed by atoms with Gasteiger partial charge in [-0.1, -0.05) is 29.8 Å². The first kappa shape index (κ1) is 5.82. The van der Waals surface area contributed by atoms with Crippen LogP contribution in [0.4, 0.5) is 0 Å². The second-order valence-corrected chi connectivity index (χ2v) is 3.42. The smallest absolute Gasteiger partial charge is 0.0545 e. The second-order valence-electron chi connectivity index (χ2n) is 2.48. The van der Waals surface area contributed by atoms with Crippen molar-refractivity contribution in [3.63, 3.8) is 0 Å². The normalized spacial score (nSPS) is 46.0. The minimum Gasteiger partial charge on any atom is -0.121 e. The number of halogens is 2. The SMILES string of the molecule is ClC1=CC2C=CC1C2Cl. The molecule has 0 saturated heterocycles. The highest BCUT2D eigenvalue weighted by Crippen LogP contribution is 2.43. The van der Waals surface area contributed by atoms with Crippen molar-refractivity contribution in [2.45, 2.75) is 5.38 Å². The Bertz CT molecular complexity index is 193. The zero-order chi connectivity index (χ0) is 6.43. The van der Waals surface area contributed by atoms with Crippen molar-refractivity contribution in [3.8, 4) is 0 Å². The average molecular weight is 161 g/mol. The van der Waals surface area contributed by atoms with Crippen molar-refractivity contribution in [1.29, 1.82) is 0 Å². The summed E-state index contributed by atoms with van der Waals surface area (Å²) in [5, 5.41) is 1.13. The fourth-order valence-corrected chi connectivity index (χ4v) is 2.18. The fourth-order valence-electron chi connectivity index (χ4n) is 1.39. The molecule has 3 atom stereocenters. The lowest BCUT2D eigenvalue weighted by Gasteiger charge is -2.04. The minimum absolute atomic E-state index is 0.206. The molecule has 0 aliphatic heterocycles. The maximum atomic E-state index is 5.97. The predicted molar refractivity (Wildman–Crippen MR) is 39.7 cm³/mol. The molecule has 0 aromatic heterocycles. The molecule has 2 rings (SSSR count). The van der Waals surface area contributed by atoms with E-state index in [0.717, 1.165) is 5.03 Å². The number of alkyl halides is 1. The maximum absolute atomic E-state index is 5.97. The zero-order valence-corrected chi connectivity index (χ0v) is 6.23. The van der Waals surface area contributed by atoms with Gasteiger partial charge in [-0.3, -0.25) is 0 Å². The highest BCUT2D eigenvalue weighted by atomic mass is 35.5. The molecule has 0 heterocycles. The van der Waals surface area contributed by atoms with Gasteiger partial charge in [0.25, 0.3) is 0 Å². The monoisotopic (exact) mass is 160 g/mol. The molecule has 0 amide bonds.